The summed E-state index contributed by atoms with van der Waals surface area (Å²) in [7, 11) is 1.59. The van der Waals surface area contributed by atoms with Gasteiger partial charge in [-0.2, -0.15) is 10.4 Å². The molecule has 152 valence electrons. The number of carbonyl (C=O) groups is 1. The van der Waals surface area contributed by atoms with Crippen LogP contribution < -0.4 is 15.0 Å². The molecule has 4 rings (SSSR count). The summed E-state index contributed by atoms with van der Waals surface area (Å²) >= 11 is 0. The first kappa shape index (κ1) is 19.5. The van der Waals surface area contributed by atoms with Crippen LogP contribution in [-0.2, 0) is 0 Å². The number of piperidine rings is 1. The highest BCUT2D eigenvalue weighted by atomic mass is 16.5. The summed E-state index contributed by atoms with van der Waals surface area (Å²) < 4.78 is 5.14. The molecule has 8 heteroatoms. The lowest BCUT2D eigenvalue weighted by Gasteiger charge is -2.33. The lowest BCUT2D eigenvalue weighted by atomic mass is 9.93. The molecule has 0 aliphatic carbocycles. The number of carbonyl (C=O) groups excluding carboxylic acids is 1. The molecular weight excluding hydrogens is 380 g/mol. The van der Waals surface area contributed by atoms with Crippen LogP contribution in [0.4, 0.5) is 11.5 Å². The molecule has 0 spiro atoms. The Morgan fingerprint density at radius 2 is 2.17 bits per heavy atom. The number of ether oxygens (including phenoxy) is 1. The third-order valence-electron chi connectivity index (χ3n) is 5.31. The van der Waals surface area contributed by atoms with E-state index >= 15 is 0 Å². The number of methoxy groups -OCH3 is 1. The number of pyridine rings is 1. The van der Waals surface area contributed by atoms with Crippen LogP contribution in [0.1, 0.15) is 40.4 Å². The Morgan fingerprint density at radius 1 is 1.33 bits per heavy atom. The summed E-state index contributed by atoms with van der Waals surface area (Å²) in [5, 5.41) is 19.6. The van der Waals surface area contributed by atoms with E-state index in [1.54, 1.807) is 55.9 Å². The van der Waals surface area contributed by atoms with Crippen molar-refractivity contribution in [3.05, 3.63) is 65.6 Å². The van der Waals surface area contributed by atoms with Crippen molar-refractivity contribution in [1.29, 1.82) is 5.26 Å². The highest BCUT2D eigenvalue weighted by Crippen LogP contribution is 2.33. The summed E-state index contributed by atoms with van der Waals surface area (Å²) in [4.78, 5) is 19.2. The van der Waals surface area contributed by atoms with Gasteiger partial charge >= 0.3 is 0 Å². The number of amides is 1. The molecule has 1 saturated heterocycles. The van der Waals surface area contributed by atoms with Crippen LogP contribution in [0.5, 0.6) is 5.75 Å². The number of nitriles is 1. The number of rotatable bonds is 5. The summed E-state index contributed by atoms with van der Waals surface area (Å²) in [5.74, 6) is 1.34. The third-order valence-corrected chi connectivity index (χ3v) is 5.31. The highest BCUT2D eigenvalue weighted by molar-refractivity contribution is 6.04. The molecule has 0 saturated carbocycles. The highest BCUT2D eigenvalue weighted by Gasteiger charge is 2.27. The van der Waals surface area contributed by atoms with Crippen LogP contribution in [-0.4, -0.2) is 41.3 Å². The van der Waals surface area contributed by atoms with Crippen LogP contribution >= 0.6 is 0 Å². The maximum absolute atomic E-state index is 12.7. The average molecular weight is 402 g/mol. The zero-order valence-corrected chi connectivity index (χ0v) is 16.6. The molecule has 1 unspecified atom stereocenters. The van der Waals surface area contributed by atoms with Gasteiger partial charge in [-0.05, 0) is 49.2 Å². The van der Waals surface area contributed by atoms with E-state index in [2.05, 4.69) is 31.5 Å². The first-order chi connectivity index (χ1) is 14.7. The Labute approximate surface area is 174 Å². The first-order valence-electron chi connectivity index (χ1n) is 9.78. The van der Waals surface area contributed by atoms with Gasteiger partial charge in [-0.1, -0.05) is 0 Å². The average Bonchev–Trinajstić information content (AvgIpc) is 3.27. The smallest absolute Gasteiger partial charge is 0.255 e. The number of aromatic nitrogens is 3. The van der Waals surface area contributed by atoms with Crippen LogP contribution in [0.15, 0.2) is 48.8 Å². The Hall–Kier alpha value is -3.86. The fraction of sp³-hybridized carbons (Fsp3) is 0.273. The summed E-state index contributed by atoms with van der Waals surface area (Å²) in [5.41, 5.74) is 2.66. The normalized spacial score (nSPS) is 16.0. The SMILES string of the molecule is COc1ccc(C(=O)Nc2cn[nH]c2C2CCCN(c3ncccc3C#N)C2)cc1. The molecular formula is C22H22N6O2. The lowest BCUT2D eigenvalue weighted by molar-refractivity contribution is 0.102. The molecule has 3 aromatic rings. The second-order valence-corrected chi connectivity index (χ2v) is 7.15. The maximum atomic E-state index is 12.7. The molecule has 2 N–H and O–H groups in total. The van der Waals surface area contributed by atoms with Gasteiger partial charge in [-0.25, -0.2) is 4.98 Å². The number of hydrogen-bond donors (Lipinski definition) is 2. The van der Waals surface area contributed by atoms with E-state index in [1.807, 2.05) is 0 Å². The predicted octanol–water partition coefficient (Wildman–Crippen LogP) is 3.32. The van der Waals surface area contributed by atoms with E-state index in [1.165, 1.54) is 0 Å². The zero-order valence-electron chi connectivity index (χ0n) is 16.6. The van der Waals surface area contributed by atoms with Crippen LogP contribution in [0, 0.1) is 11.3 Å². The zero-order chi connectivity index (χ0) is 20.9. The van der Waals surface area contributed by atoms with Crippen LogP contribution in [0.2, 0.25) is 0 Å². The van der Waals surface area contributed by atoms with Gasteiger partial charge in [0.15, 0.2) is 0 Å². The Bertz CT molecular complexity index is 1070. The third kappa shape index (κ3) is 3.96. The molecule has 8 nitrogen and oxygen atoms in total. The van der Waals surface area contributed by atoms with E-state index in [-0.39, 0.29) is 11.8 Å². The van der Waals surface area contributed by atoms with E-state index < -0.39 is 0 Å². The molecule has 0 bridgehead atoms. The molecule has 30 heavy (non-hydrogen) atoms. The van der Waals surface area contributed by atoms with Crippen molar-refractivity contribution in [2.24, 2.45) is 0 Å². The van der Waals surface area contributed by atoms with Crippen molar-refractivity contribution in [2.45, 2.75) is 18.8 Å². The van der Waals surface area contributed by atoms with Gasteiger partial charge in [0.1, 0.15) is 17.6 Å². The van der Waals surface area contributed by atoms with E-state index in [0.717, 1.165) is 25.1 Å². The molecule has 2 aromatic heterocycles. The van der Waals surface area contributed by atoms with Gasteiger partial charge in [0.05, 0.1) is 30.3 Å². The second kappa shape index (κ2) is 8.66. The minimum absolute atomic E-state index is 0.140. The quantitative estimate of drug-likeness (QED) is 0.678. The Kier molecular flexibility index (Phi) is 5.61. The van der Waals surface area contributed by atoms with Crippen molar-refractivity contribution in [1.82, 2.24) is 15.2 Å². The van der Waals surface area contributed by atoms with Gasteiger partial charge in [-0.15, -0.1) is 0 Å². The number of hydrogen-bond acceptors (Lipinski definition) is 6. The number of anilines is 2. The van der Waals surface area contributed by atoms with Crippen molar-refractivity contribution in [2.75, 3.05) is 30.4 Å². The molecule has 1 aromatic carbocycles. The van der Waals surface area contributed by atoms with Gasteiger partial charge in [-0.3, -0.25) is 9.89 Å². The van der Waals surface area contributed by atoms with Crippen molar-refractivity contribution in [3.63, 3.8) is 0 Å². The molecule has 1 amide bonds. The monoisotopic (exact) mass is 402 g/mol. The topological polar surface area (TPSA) is 107 Å². The summed E-state index contributed by atoms with van der Waals surface area (Å²) in [6, 6.07) is 12.7. The maximum Gasteiger partial charge on any atom is 0.255 e. The molecule has 3 heterocycles. The number of nitrogens with one attached hydrogen (secondary N) is 2. The Balaban J connectivity index is 1.51. The molecule has 1 fully saturated rings. The molecule has 1 aliphatic rings. The van der Waals surface area contributed by atoms with E-state index in [4.69, 9.17) is 4.74 Å². The molecule has 1 aliphatic heterocycles. The molecule has 0 radical (unpaired) electrons. The first-order valence-corrected chi connectivity index (χ1v) is 9.78. The van der Waals surface area contributed by atoms with Gasteiger partial charge in [0.2, 0.25) is 0 Å². The van der Waals surface area contributed by atoms with E-state index in [9.17, 15) is 10.1 Å². The van der Waals surface area contributed by atoms with Crippen molar-refractivity contribution in [3.8, 4) is 11.8 Å². The fourth-order valence-electron chi connectivity index (χ4n) is 3.79. The van der Waals surface area contributed by atoms with Gasteiger partial charge in [0, 0.05) is 30.8 Å². The largest absolute Gasteiger partial charge is 0.497 e. The molecule has 1 atom stereocenters. The number of H-pyrrole nitrogens is 1. The van der Waals surface area contributed by atoms with E-state index in [0.29, 0.717) is 34.9 Å². The lowest BCUT2D eigenvalue weighted by Crippen LogP contribution is -2.35. The van der Waals surface area contributed by atoms with Gasteiger partial charge in [0.25, 0.3) is 5.91 Å². The number of aromatic amines is 1. The second-order valence-electron chi connectivity index (χ2n) is 7.15. The fourth-order valence-corrected chi connectivity index (χ4v) is 3.79. The van der Waals surface area contributed by atoms with Crippen molar-refractivity contribution >= 4 is 17.4 Å². The minimum atomic E-state index is -0.204. The number of benzene rings is 1. The van der Waals surface area contributed by atoms with Crippen LogP contribution in [0.25, 0.3) is 0 Å². The minimum Gasteiger partial charge on any atom is -0.497 e. The number of nitrogens with zero attached hydrogens (tertiary/aromatic N) is 4. The predicted molar refractivity (Wildman–Crippen MR) is 113 cm³/mol. The standard InChI is InChI=1S/C22H22N6O2/c1-30-18-8-6-15(7-9-18)22(29)26-19-13-25-27-20(19)17-5-3-11-28(14-17)21-16(12-23)4-2-10-24-21/h2,4,6-10,13,17H,3,5,11,14H2,1H3,(H,25,27)(H,26,29). The van der Waals surface area contributed by atoms with Gasteiger partial charge < -0.3 is 15.0 Å². The van der Waals surface area contributed by atoms with Crippen molar-refractivity contribution < 1.29 is 9.53 Å². The summed E-state index contributed by atoms with van der Waals surface area (Å²) in [6.07, 6.45) is 5.25. The van der Waals surface area contributed by atoms with Crippen LogP contribution in [0.3, 0.4) is 0 Å². The Morgan fingerprint density at radius 3 is 2.93 bits per heavy atom. The summed E-state index contributed by atoms with van der Waals surface area (Å²) in [6.45, 7) is 1.53.